The van der Waals surface area contributed by atoms with Gasteiger partial charge in [-0.05, 0) is 129 Å². The molecule has 7 heteroatoms. The third kappa shape index (κ3) is 6.21. The number of carbonyl (C=O) groups is 2. The van der Waals surface area contributed by atoms with E-state index in [1.54, 1.807) is 18.2 Å². The lowest BCUT2D eigenvalue weighted by Crippen LogP contribution is -2.48. The minimum Gasteiger partial charge on any atom is -0.493 e. The number of nitrogens with zero attached hydrogens (tertiary/aromatic N) is 1. The molecule has 7 nitrogen and oxygen atoms in total. The number of rotatable bonds is 9. The first-order valence-corrected chi connectivity index (χ1v) is 15.5. The summed E-state index contributed by atoms with van der Waals surface area (Å²) in [5.41, 5.74) is 5.70. The molecule has 226 valence electrons. The number of nitrogens with one attached hydrogen (secondary N) is 2. The molecule has 0 unspecified atom stereocenters. The molecule has 3 aromatic rings. The van der Waals surface area contributed by atoms with Crippen LogP contribution in [0.3, 0.4) is 0 Å². The van der Waals surface area contributed by atoms with Gasteiger partial charge in [0.25, 0.3) is 11.8 Å². The molecule has 0 atom stereocenters. The summed E-state index contributed by atoms with van der Waals surface area (Å²) < 4.78 is 11.3. The molecule has 0 spiro atoms. The van der Waals surface area contributed by atoms with Crippen molar-refractivity contribution in [1.82, 2.24) is 0 Å². The minimum absolute atomic E-state index is 0.0470. The summed E-state index contributed by atoms with van der Waals surface area (Å²) >= 11 is 0. The molecule has 4 saturated carbocycles. The van der Waals surface area contributed by atoms with Crippen molar-refractivity contribution in [1.29, 1.82) is 5.26 Å². The lowest BCUT2D eigenvalue weighted by molar-refractivity contribution is -0.118. The summed E-state index contributed by atoms with van der Waals surface area (Å²) in [6, 6.07) is 21.1. The Labute approximate surface area is 259 Å². The lowest BCUT2D eigenvalue weighted by Gasteiger charge is -2.57. The summed E-state index contributed by atoms with van der Waals surface area (Å²) in [5, 5.41) is 15.4. The van der Waals surface area contributed by atoms with E-state index in [2.05, 4.69) is 22.8 Å². The van der Waals surface area contributed by atoms with E-state index in [0.29, 0.717) is 28.2 Å². The first-order valence-electron chi connectivity index (χ1n) is 15.5. The van der Waals surface area contributed by atoms with Gasteiger partial charge >= 0.3 is 0 Å². The minimum atomic E-state index is -0.499. The average molecular weight is 590 g/mol. The van der Waals surface area contributed by atoms with E-state index >= 15 is 0 Å². The number of carbonyl (C=O) groups excluding carboxylic acids is 2. The number of hydrogen-bond acceptors (Lipinski definition) is 5. The fourth-order valence-electron chi connectivity index (χ4n) is 8.06. The van der Waals surface area contributed by atoms with Gasteiger partial charge in [0.1, 0.15) is 11.6 Å². The largest absolute Gasteiger partial charge is 0.493 e. The number of benzene rings is 3. The van der Waals surface area contributed by atoms with Crippen LogP contribution in [-0.2, 0) is 15.0 Å². The molecule has 4 fully saturated rings. The molecule has 2 amide bonds. The van der Waals surface area contributed by atoms with Crippen LogP contribution in [0, 0.1) is 42.9 Å². The average Bonchev–Trinajstić information content (AvgIpc) is 3.00. The van der Waals surface area contributed by atoms with Crippen molar-refractivity contribution in [2.75, 3.05) is 24.4 Å². The van der Waals surface area contributed by atoms with Gasteiger partial charge in [-0.3, -0.25) is 9.59 Å². The Morgan fingerprint density at radius 1 is 0.909 bits per heavy atom. The summed E-state index contributed by atoms with van der Waals surface area (Å²) in [4.78, 5) is 25.5. The molecule has 0 radical (unpaired) electrons. The first-order chi connectivity index (χ1) is 21.2. The molecular weight excluding hydrogens is 550 g/mol. The zero-order valence-electron chi connectivity index (χ0n) is 25.6. The molecule has 4 aliphatic rings. The van der Waals surface area contributed by atoms with Crippen molar-refractivity contribution in [2.45, 2.75) is 57.8 Å². The monoisotopic (exact) mass is 589 g/mol. The van der Waals surface area contributed by atoms with Crippen LogP contribution < -0.4 is 20.1 Å². The first kappa shape index (κ1) is 29.5. The molecular formula is C37H39N3O4. The highest BCUT2D eigenvalue weighted by Crippen LogP contribution is 2.60. The number of hydrogen-bond donors (Lipinski definition) is 2. The number of methoxy groups -OCH3 is 1. The number of anilines is 2. The van der Waals surface area contributed by atoms with Gasteiger partial charge in [0.2, 0.25) is 0 Å². The Kier molecular flexibility index (Phi) is 8.18. The quantitative estimate of drug-likeness (QED) is 0.201. The van der Waals surface area contributed by atoms with E-state index in [9.17, 15) is 14.9 Å². The lowest BCUT2D eigenvalue weighted by atomic mass is 9.48. The summed E-state index contributed by atoms with van der Waals surface area (Å²) in [7, 11) is 1.50. The van der Waals surface area contributed by atoms with Crippen LogP contribution >= 0.6 is 0 Å². The molecule has 0 saturated heterocycles. The van der Waals surface area contributed by atoms with Gasteiger partial charge in [-0.1, -0.05) is 35.9 Å². The normalized spacial score (nSPS) is 23.5. The van der Waals surface area contributed by atoms with Gasteiger partial charge in [-0.15, -0.1) is 0 Å². The second-order valence-corrected chi connectivity index (χ2v) is 13.0. The zero-order chi connectivity index (χ0) is 30.8. The summed E-state index contributed by atoms with van der Waals surface area (Å²) in [5.74, 6) is 2.67. The zero-order valence-corrected chi connectivity index (χ0v) is 25.6. The van der Waals surface area contributed by atoms with E-state index in [-0.39, 0.29) is 18.1 Å². The van der Waals surface area contributed by atoms with Crippen LogP contribution in [0.15, 0.2) is 66.2 Å². The maximum absolute atomic E-state index is 12.8. The molecule has 2 N–H and O–H groups in total. The van der Waals surface area contributed by atoms with Gasteiger partial charge in [0, 0.05) is 11.4 Å². The van der Waals surface area contributed by atoms with Crippen LogP contribution in [0.2, 0.25) is 0 Å². The van der Waals surface area contributed by atoms with Crippen molar-refractivity contribution in [3.8, 4) is 17.6 Å². The number of nitriles is 1. The second-order valence-electron chi connectivity index (χ2n) is 13.0. The molecule has 7 rings (SSSR count). The van der Waals surface area contributed by atoms with Gasteiger partial charge in [-0.25, -0.2) is 0 Å². The Morgan fingerprint density at radius 2 is 1.59 bits per heavy atom. The molecule has 44 heavy (non-hydrogen) atoms. The number of ether oxygens (including phenoxy) is 2. The fourth-order valence-corrected chi connectivity index (χ4v) is 8.06. The summed E-state index contributed by atoms with van der Waals surface area (Å²) in [6.07, 6.45) is 9.69. The Morgan fingerprint density at radius 3 is 2.20 bits per heavy atom. The van der Waals surface area contributed by atoms with Gasteiger partial charge in [0.15, 0.2) is 18.1 Å². The highest BCUT2D eigenvalue weighted by atomic mass is 16.5. The van der Waals surface area contributed by atoms with Crippen LogP contribution in [-0.4, -0.2) is 25.5 Å². The van der Waals surface area contributed by atoms with Crippen LogP contribution in [0.1, 0.15) is 60.8 Å². The summed E-state index contributed by atoms with van der Waals surface area (Å²) in [6.45, 7) is 3.69. The molecule has 4 bridgehead atoms. The van der Waals surface area contributed by atoms with Crippen molar-refractivity contribution >= 4 is 29.3 Å². The third-order valence-electron chi connectivity index (χ3n) is 9.67. The third-order valence-corrected chi connectivity index (χ3v) is 9.67. The maximum atomic E-state index is 12.8. The van der Waals surface area contributed by atoms with E-state index in [4.69, 9.17) is 9.47 Å². The molecule has 3 aromatic carbocycles. The Hall–Kier alpha value is -4.57. The van der Waals surface area contributed by atoms with Crippen molar-refractivity contribution in [3.63, 3.8) is 0 Å². The smallest absolute Gasteiger partial charge is 0.266 e. The predicted molar refractivity (Wildman–Crippen MR) is 172 cm³/mol. The van der Waals surface area contributed by atoms with Gasteiger partial charge in [0.05, 0.1) is 7.11 Å². The van der Waals surface area contributed by atoms with E-state index in [1.165, 1.54) is 57.3 Å². The van der Waals surface area contributed by atoms with E-state index < -0.39 is 5.91 Å². The van der Waals surface area contributed by atoms with Crippen molar-refractivity contribution in [3.05, 3.63) is 88.5 Å². The standard InChI is InChI=1S/C37H39N3O4/c1-23-4-10-32(24(2)12-23)40-36(42)29(21-38)16-25-5-11-33(34(17-25)43-3)44-22-35(41)39-31-8-6-30(7-9-31)37-18-26-13-27(19-37)15-28(14-26)20-37/h4-12,16-17,26-28H,13-15,18-20,22H2,1-3H3,(H,39,41)(H,40,42)/b29-16-. The van der Waals surface area contributed by atoms with Gasteiger partial charge in [-0.2, -0.15) is 5.26 Å². The van der Waals surface area contributed by atoms with Crippen molar-refractivity contribution in [2.24, 2.45) is 17.8 Å². The Bertz CT molecular complexity index is 1610. The SMILES string of the molecule is COc1cc(/C=C(/C#N)C(=O)Nc2ccc(C)cc2C)ccc1OCC(=O)Nc1ccc(C23CC4CC(CC(C4)C2)C3)cc1. The highest BCUT2D eigenvalue weighted by molar-refractivity contribution is 6.10. The predicted octanol–water partition coefficient (Wildman–Crippen LogP) is 7.34. The van der Waals surface area contributed by atoms with Crippen molar-refractivity contribution < 1.29 is 19.1 Å². The molecule has 0 heterocycles. The Balaban J connectivity index is 1.06. The van der Waals surface area contributed by atoms with E-state index in [0.717, 1.165) is 34.6 Å². The van der Waals surface area contributed by atoms with Crippen LogP contribution in [0.4, 0.5) is 11.4 Å². The number of amides is 2. The van der Waals surface area contributed by atoms with E-state index in [1.807, 2.05) is 50.2 Å². The van der Waals surface area contributed by atoms with Gasteiger partial charge < -0.3 is 20.1 Å². The highest BCUT2D eigenvalue weighted by Gasteiger charge is 2.51. The van der Waals surface area contributed by atoms with Crippen LogP contribution in [0.5, 0.6) is 11.5 Å². The topological polar surface area (TPSA) is 100 Å². The molecule has 0 aromatic heterocycles. The van der Waals surface area contributed by atoms with Crippen LogP contribution in [0.25, 0.3) is 6.08 Å². The molecule has 4 aliphatic carbocycles. The second kappa shape index (κ2) is 12.2. The number of aryl methyl sites for hydroxylation is 2. The fraction of sp³-hybridized carbons (Fsp3) is 0.378. The maximum Gasteiger partial charge on any atom is 0.266 e. The molecule has 0 aliphatic heterocycles.